The largest absolute Gasteiger partial charge is 0.476 e. The number of hydrogen-bond acceptors (Lipinski definition) is 7. The molecule has 0 aromatic carbocycles. The van der Waals surface area contributed by atoms with Gasteiger partial charge in [0.25, 0.3) is 5.89 Å². The van der Waals surface area contributed by atoms with Crippen LogP contribution in [0.4, 0.5) is 5.82 Å². The van der Waals surface area contributed by atoms with Crippen molar-refractivity contribution in [1.29, 1.82) is 0 Å². The van der Waals surface area contributed by atoms with Crippen molar-refractivity contribution < 1.29 is 14.2 Å². The van der Waals surface area contributed by atoms with Crippen LogP contribution in [0.3, 0.4) is 0 Å². The first-order valence-corrected chi connectivity index (χ1v) is 5.93. The summed E-state index contributed by atoms with van der Waals surface area (Å²) in [5.74, 6) is 0.529. The quantitative estimate of drug-likeness (QED) is 0.623. The minimum atomic E-state index is -0.607. The van der Waals surface area contributed by atoms with Crippen molar-refractivity contribution in [3.8, 4) is 5.75 Å². The lowest BCUT2D eigenvalue weighted by Gasteiger charge is -2.10. The smallest absolute Gasteiger partial charge is 0.406 e. The van der Waals surface area contributed by atoms with Crippen molar-refractivity contribution in [2.24, 2.45) is 0 Å². The Labute approximate surface area is 114 Å². The second-order valence-corrected chi connectivity index (χ2v) is 5.13. The lowest BCUT2D eigenvalue weighted by Crippen LogP contribution is -2.13. The normalized spacial score (nSPS) is 11.3. The van der Waals surface area contributed by atoms with Crippen molar-refractivity contribution in [3.63, 3.8) is 0 Å². The van der Waals surface area contributed by atoms with E-state index in [1.54, 1.807) is 6.07 Å². The van der Waals surface area contributed by atoms with Gasteiger partial charge in [-0.2, -0.15) is 4.98 Å². The molecule has 0 aliphatic carbocycles. The van der Waals surface area contributed by atoms with Crippen molar-refractivity contribution in [2.75, 3.05) is 0 Å². The van der Waals surface area contributed by atoms with Crippen LogP contribution in [0.2, 0.25) is 0 Å². The van der Waals surface area contributed by atoms with Crippen LogP contribution in [-0.4, -0.2) is 20.0 Å². The Balaban J connectivity index is 2.10. The average molecular weight is 278 g/mol. The van der Waals surface area contributed by atoms with Crippen molar-refractivity contribution in [2.45, 2.75) is 32.8 Å². The Morgan fingerprint density at radius 3 is 2.80 bits per heavy atom. The zero-order chi connectivity index (χ0) is 14.8. The summed E-state index contributed by atoms with van der Waals surface area (Å²) in [6.45, 7) is 5.81. The SMILES string of the molecule is CC(C)(C)c1noc(COc2cccnc2[N+](=O)[O-])n1. The minimum Gasteiger partial charge on any atom is -0.476 e. The lowest BCUT2D eigenvalue weighted by molar-refractivity contribution is -0.390. The molecular formula is C12H14N4O4. The number of rotatable bonds is 4. The van der Waals surface area contributed by atoms with Crippen LogP contribution in [0.15, 0.2) is 22.9 Å². The molecule has 2 aromatic heterocycles. The van der Waals surface area contributed by atoms with Crippen LogP contribution < -0.4 is 4.74 Å². The summed E-state index contributed by atoms with van der Waals surface area (Å²) in [6, 6.07) is 3.02. The van der Waals surface area contributed by atoms with E-state index in [-0.39, 0.29) is 29.5 Å². The molecule has 8 heteroatoms. The number of nitro groups is 1. The van der Waals surface area contributed by atoms with Gasteiger partial charge >= 0.3 is 5.82 Å². The third-order valence-electron chi connectivity index (χ3n) is 2.41. The van der Waals surface area contributed by atoms with Gasteiger partial charge in [0.1, 0.15) is 6.20 Å². The molecule has 0 N–H and O–H groups in total. The predicted molar refractivity (Wildman–Crippen MR) is 68.2 cm³/mol. The number of pyridine rings is 1. The van der Waals surface area contributed by atoms with Gasteiger partial charge in [-0.15, -0.1) is 0 Å². The summed E-state index contributed by atoms with van der Waals surface area (Å²) in [6.07, 6.45) is 1.33. The number of nitrogens with zero attached hydrogens (tertiary/aromatic N) is 4. The zero-order valence-electron chi connectivity index (χ0n) is 11.4. The van der Waals surface area contributed by atoms with Crippen LogP contribution in [0.5, 0.6) is 5.75 Å². The van der Waals surface area contributed by atoms with Gasteiger partial charge in [0.05, 0.1) is 0 Å². The highest BCUT2D eigenvalue weighted by molar-refractivity contribution is 5.38. The monoisotopic (exact) mass is 278 g/mol. The second-order valence-electron chi connectivity index (χ2n) is 5.13. The standard InChI is InChI=1S/C12H14N4O4/c1-12(2,3)11-14-9(20-15-11)7-19-8-5-4-6-13-10(8)16(17)18/h4-6H,7H2,1-3H3. The number of aromatic nitrogens is 3. The van der Waals surface area contributed by atoms with Gasteiger partial charge in [-0.3, -0.25) is 0 Å². The molecule has 0 amide bonds. The van der Waals surface area contributed by atoms with E-state index in [4.69, 9.17) is 9.26 Å². The zero-order valence-corrected chi connectivity index (χ0v) is 11.4. The van der Waals surface area contributed by atoms with Crippen LogP contribution >= 0.6 is 0 Å². The van der Waals surface area contributed by atoms with E-state index in [9.17, 15) is 10.1 Å². The minimum absolute atomic E-state index is 0.0460. The van der Waals surface area contributed by atoms with E-state index in [2.05, 4.69) is 15.1 Å². The van der Waals surface area contributed by atoms with E-state index in [0.717, 1.165) is 0 Å². The lowest BCUT2D eigenvalue weighted by atomic mass is 9.96. The van der Waals surface area contributed by atoms with Crippen LogP contribution in [0, 0.1) is 10.1 Å². The molecule has 0 bridgehead atoms. The molecule has 0 atom stereocenters. The molecule has 2 heterocycles. The maximum absolute atomic E-state index is 10.8. The Hall–Kier alpha value is -2.51. The van der Waals surface area contributed by atoms with Gasteiger partial charge in [-0.25, -0.2) is 0 Å². The Kier molecular flexibility index (Phi) is 3.64. The summed E-state index contributed by atoms with van der Waals surface area (Å²) in [4.78, 5) is 18.0. The highest BCUT2D eigenvalue weighted by atomic mass is 16.6. The van der Waals surface area contributed by atoms with Gasteiger partial charge < -0.3 is 19.4 Å². The third kappa shape index (κ3) is 3.08. The molecule has 0 spiro atoms. The fourth-order valence-corrected chi connectivity index (χ4v) is 1.39. The van der Waals surface area contributed by atoms with Gasteiger partial charge in [-0.1, -0.05) is 25.9 Å². The Bertz CT molecular complexity index is 618. The molecule has 0 unspecified atom stereocenters. The molecule has 2 aromatic rings. The number of ether oxygens (including phenoxy) is 1. The summed E-state index contributed by atoms with van der Waals surface area (Å²) in [7, 11) is 0. The van der Waals surface area contributed by atoms with Crippen LogP contribution in [-0.2, 0) is 12.0 Å². The van der Waals surface area contributed by atoms with Crippen LogP contribution in [0.25, 0.3) is 0 Å². The van der Waals surface area contributed by atoms with Gasteiger partial charge in [0, 0.05) is 5.41 Å². The van der Waals surface area contributed by atoms with Crippen LogP contribution in [0.1, 0.15) is 32.5 Å². The molecule has 0 saturated carbocycles. The second kappa shape index (κ2) is 5.24. The van der Waals surface area contributed by atoms with Crippen molar-refractivity contribution in [1.82, 2.24) is 15.1 Å². The van der Waals surface area contributed by atoms with Crippen molar-refractivity contribution >= 4 is 5.82 Å². The third-order valence-corrected chi connectivity index (χ3v) is 2.41. The Morgan fingerprint density at radius 1 is 1.45 bits per heavy atom. The summed E-state index contributed by atoms with van der Waals surface area (Å²) in [5, 5.41) is 14.6. The fourth-order valence-electron chi connectivity index (χ4n) is 1.39. The Morgan fingerprint density at radius 2 is 2.20 bits per heavy atom. The van der Waals surface area contributed by atoms with Crippen molar-refractivity contribution in [3.05, 3.63) is 40.2 Å². The molecule has 2 rings (SSSR count). The number of hydrogen-bond donors (Lipinski definition) is 0. The van der Waals surface area contributed by atoms with E-state index in [1.807, 2.05) is 20.8 Å². The predicted octanol–water partition coefficient (Wildman–Crippen LogP) is 2.25. The van der Waals surface area contributed by atoms with E-state index in [0.29, 0.717) is 5.82 Å². The highest BCUT2D eigenvalue weighted by Gasteiger charge is 2.22. The molecule has 0 radical (unpaired) electrons. The maximum atomic E-state index is 10.8. The summed E-state index contributed by atoms with van der Waals surface area (Å²) >= 11 is 0. The molecule has 8 nitrogen and oxygen atoms in total. The summed E-state index contributed by atoms with van der Waals surface area (Å²) in [5.41, 5.74) is -0.234. The molecule has 20 heavy (non-hydrogen) atoms. The highest BCUT2D eigenvalue weighted by Crippen LogP contribution is 2.24. The fraction of sp³-hybridized carbons (Fsp3) is 0.417. The summed E-state index contributed by atoms with van der Waals surface area (Å²) < 4.78 is 10.3. The molecule has 0 fully saturated rings. The maximum Gasteiger partial charge on any atom is 0.406 e. The first-order chi connectivity index (χ1) is 9.38. The van der Waals surface area contributed by atoms with E-state index in [1.165, 1.54) is 12.3 Å². The van der Waals surface area contributed by atoms with Gasteiger partial charge in [0.15, 0.2) is 12.4 Å². The van der Waals surface area contributed by atoms with Gasteiger partial charge in [-0.05, 0) is 22.0 Å². The topological polar surface area (TPSA) is 104 Å². The molecular weight excluding hydrogens is 264 g/mol. The average Bonchev–Trinajstić information content (AvgIpc) is 2.85. The molecule has 0 aliphatic heterocycles. The molecule has 0 aliphatic rings. The van der Waals surface area contributed by atoms with Gasteiger partial charge in [0.2, 0.25) is 5.75 Å². The first kappa shape index (κ1) is 13.9. The van der Waals surface area contributed by atoms with E-state index < -0.39 is 4.92 Å². The van der Waals surface area contributed by atoms with E-state index >= 15 is 0 Å². The molecule has 106 valence electrons. The molecule has 0 saturated heterocycles. The first-order valence-electron chi connectivity index (χ1n) is 5.93.